The maximum Gasteiger partial charge on any atom is 0.255 e. The Balaban J connectivity index is 2.21. The molecule has 0 radical (unpaired) electrons. The minimum Gasteiger partial charge on any atom is -0.492 e. The van der Waals surface area contributed by atoms with E-state index in [1.165, 1.54) is 0 Å². The van der Waals surface area contributed by atoms with Crippen molar-refractivity contribution < 1.29 is 9.53 Å². The van der Waals surface area contributed by atoms with Crippen LogP contribution in [0.15, 0.2) is 46.9 Å². The second kappa shape index (κ2) is 6.77. The summed E-state index contributed by atoms with van der Waals surface area (Å²) in [6, 6.07) is 12.3. The fourth-order valence-corrected chi connectivity index (χ4v) is 2.18. The van der Waals surface area contributed by atoms with Gasteiger partial charge in [0.25, 0.3) is 5.91 Å². The second-order valence-electron chi connectivity index (χ2n) is 4.01. The number of halogens is 2. The van der Waals surface area contributed by atoms with E-state index in [4.69, 9.17) is 16.3 Å². The Morgan fingerprint density at radius 1 is 1.30 bits per heavy atom. The molecule has 0 saturated heterocycles. The highest BCUT2D eigenvalue weighted by atomic mass is 79.9. The monoisotopic (exact) mass is 353 g/mol. The van der Waals surface area contributed by atoms with Gasteiger partial charge in [-0.05, 0) is 53.2 Å². The van der Waals surface area contributed by atoms with E-state index in [1.807, 2.05) is 25.1 Å². The summed E-state index contributed by atoms with van der Waals surface area (Å²) in [4.78, 5) is 12.2. The lowest BCUT2D eigenvalue weighted by molar-refractivity contribution is 0.102. The van der Waals surface area contributed by atoms with Crippen LogP contribution in [-0.2, 0) is 0 Å². The lowest BCUT2D eigenvalue weighted by Gasteiger charge is -2.11. The van der Waals surface area contributed by atoms with Crippen molar-refractivity contribution in [3.05, 3.63) is 57.5 Å². The number of rotatable bonds is 4. The lowest BCUT2D eigenvalue weighted by atomic mass is 10.2. The van der Waals surface area contributed by atoms with Crippen LogP contribution in [0, 0.1) is 0 Å². The highest BCUT2D eigenvalue weighted by molar-refractivity contribution is 9.10. The molecule has 0 fully saturated rings. The van der Waals surface area contributed by atoms with Gasteiger partial charge in [-0.25, -0.2) is 0 Å². The number of ether oxygens (including phenoxy) is 1. The normalized spacial score (nSPS) is 10.2. The molecule has 2 aromatic carbocycles. The molecule has 0 aromatic heterocycles. The van der Waals surface area contributed by atoms with Gasteiger partial charge in [0.15, 0.2) is 0 Å². The van der Waals surface area contributed by atoms with Crippen molar-refractivity contribution >= 4 is 39.1 Å². The van der Waals surface area contributed by atoms with E-state index in [0.29, 0.717) is 33.1 Å². The number of benzene rings is 2. The minimum absolute atomic E-state index is 0.213. The number of hydrogen-bond acceptors (Lipinski definition) is 2. The summed E-state index contributed by atoms with van der Waals surface area (Å²) in [6.45, 7) is 2.44. The number of nitrogens with one attached hydrogen (secondary N) is 1. The zero-order valence-corrected chi connectivity index (χ0v) is 13.2. The summed E-state index contributed by atoms with van der Waals surface area (Å²) < 4.78 is 6.16. The van der Waals surface area contributed by atoms with E-state index in [1.54, 1.807) is 24.3 Å². The second-order valence-corrected chi connectivity index (χ2v) is 5.27. The summed E-state index contributed by atoms with van der Waals surface area (Å²) in [5.74, 6) is 0.436. The van der Waals surface area contributed by atoms with Crippen molar-refractivity contribution in [1.82, 2.24) is 0 Å². The Hall–Kier alpha value is -1.52. The van der Waals surface area contributed by atoms with Gasteiger partial charge in [-0.15, -0.1) is 0 Å². The average molecular weight is 355 g/mol. The number of hydrogen-bond donors (Lipinski definition) is 1. The predicted octanol–water partition coefficient (Wildman–Crippen LogP) is 4.75. The molecule has 2 aromatic rings. The molecule has 5 heteroatoms. The third-order valence-corrected chi connectivity index (χ3v) is 3.83. The van der Waals surface area contributed by atoms with Gasteiger partial charge in [-0.2, -0.15) is 0 Å². The van der Waals surface area contributed by atoms with E-state index >= 15 is 0 Å². The van der Waals surface area contributed by atoms with E-state index in [9.17, 15) is 4.79 Å². The molecular formula is C15H13BrClNO2. The van der Waals surface area contributed by atoms with Crippen molar-refractivity contribution in [2.24, 2.45) is 0 Å². The first kappa shape index (κ1) is 14.9. The van der Waals surface area contributed by atoms with Crippen LogP contribution < -0.4 is 10.1 Å². The van der Waals surface area contributed by atoms with Crippen molar-refractivity contribution in [3.63, 3.8) is 0 Å². The Labute approximate surface area is 131 Å². The molecule has 20 heavy (non-hydrogen) atoms. The first-order chi connectivity index (χ1) is 9.61. The van der Waals surface area contributed by atoms with E-state index in [0.717, 1.165) is 0 Å². The van der Waals surface area contributed by atoms with Gasteiger partial charge in [0, 0.05) is 10.0 Å². The molecular weight excluding hydrogens is 342 g/mol. The molecule has 1 N–H and O–H groups in total. The number of amides is 1. The average Bonchev–Trinajstić information content (AvgIpc) is 2.44. The largest absolute Gasteiger partial charge is 0.492 e. The van der Waals surface area contributed by atoms with Crippen LogP contribution in [0.4, 0.5) is 5.69 Å². The molecule has 104 valence electrons. The summed E-state index contributed by atoms with van der Waals surface area (Å²) in [7, 11) is 0. The highest BCUT2D eigenvalue weighted by Crippen LogP contribution is 2.26. The van der Waals surface area contributed by atoms with Crippen LogP contribution in [-0.4, -0.2) is 12.5 Å². The molecule has 1 amide bonds. The maximum absolute atomic E-state index is 12.2. The summed E-state index contributed by atoms with van der Waals surface area (Å²) in [5, 5.41) is 3.40. The highest BCUT2D eigenvalue weighted by Gasteiger charge is 2.10. The van der Waals surface area contributed by atoms with Gasteiger partial charge in [0.1, 0.15) is 5.75 Å². The van der Waals surface area contributed by atoms with Crippen LogP contribution in [0.1, 0.15) is 17.3 Å². The molecule has 0 unspecified atom stereocenters. The Morgan fingerprint density at radius 2 is 2.05 bits per heavy atom. The van der Waals surface area contributed by atoms with Gasteiger partial charge in [0.2, 0.25) is 0 Å². The standard InChI is InChI=1S/C15H13BrClNO2/c1-2-20-14-6-4-3-5-13(14)18-15(19)10-7-8-12(17)11(16)9-10/h3-9H,2H2,1H3,(H,18,19). The Morgan fingerprint density at radius 3 is 2.75 bits per heavy atom. The smallest absolute Gasteiger partial charge is 0.255 e. The SMILES string of the molecule is CCOc1ccccc1NC(=O)c1ccc(Cl)c(Br)c1. The molecule has 0 bridgehead atoms. The van der Waals surface area contributed by atoms with E-state index in [2.05, 4.69) is 21.2 Å². The predicted molar refractivity (Wildman–Crippen MR) is 84.7 cm³/mol. The molecule has 0 aliphatic rings. The van der Waals surface area contributed by atoms with Crippen molar-refractivity contribution in [3.8, 4) is 5.75 Å². The molecule has 2 rings (SSSR count). The fourth-order valence-electron chi connectivity index (χ4n) is 1.68. The van der Waals surface area contributed by atoms with Crippen molar-refractivity contribution in [1.29, 1.82) is 0 Å². The molecule has 0 heterocycles. The number of carbonyl (C=O) groups excluding carboxylic acids is 1. The summed E-state index contributed by atoms with van der Waals surface area (Å²) in [5.41, 5.74) is 1.16. The summed E-state index contributed by atoms with van der Waals surface area (Å²) in [6.07, 6.45) is 0. The molecule has 0 spiro atoms. The zero-order valence-electron chi connectivity index (χ0n) is 10.8. The topological polar surface area (TPSA) is 38.3 Å². The molecule has 0 atom stereocenters. The van der Waals surface area contributed by atoms with E-state index in [-0.39, 0.29) is 5.91 Å². The van der Waals surface area contributed by atoms with Crippen LogP contribution >= 0.6 is 27.5 Å². The first-order valence-electron chi connectivity index (χ1n) is 6.10. The van der Waals surface area contributed by atoms with Crippen LogP contribution in [0.25, 0.3) is 0 Å². The van der Waals surface area contributed by atoms with Gasteiger partial charge in [0.05, 0.1) is 17.3 Å². The van der Waals surface area contributed by atoms with Gasteiger partial charge >= 0.3 is 0 Å². The van der Waals surface area contributed by atoms with E-state index < -0.39 is 0 Å². The Kier molecular flexibility index (Phi) is 5.04. The van der Waals surface area contributed by atoms with Gasteiger partial charge in [-0.3, -0.25) is 4.79 Å². The summed E-state index contributed by atoms with van der Waals surface area (Å²) >= 11 is 9.22. The zero-order chi connectivity index (χ0) is 14.5. The number of carbonyl (C=O) groups is 1. The molecule has 0 aliphatic carbocycles. The quantitative estimate of drug-likeness (QED) is 0.860. The van der Waals surface area contributed by atoms with Gasteiger partial charge in [-0.1, -0.05) is 23.7 Å². The lowest BCUT2D eigenvalue weighted by Crippen LogP contribution is -2.12. The fraction of sp³-hybridized carbons (Fsp3) is 0.133. The molecule has 0 saturated carbocycles. The van der Waals surface area contributed by atoms with Crippen LogP contribution in [0.2, 0.25) is 5.02 Å². The first-order valence-corrected chi connectivity index (χ1v) is 7.27. The van der Waals surface area contributed by atoms with Crippen LogP contribution in [0.5, 0.6) is 5.75 Å². The molecule has 0 aliphatic heterocycles. The number of para-hydroxylation sites is 2. The Bertz CT molecular complexity index is 631. The molecule has 3 nitrogen and oxygen atoms in total. The van der Waals surface area contributed by atoms with Gasteiger partial charge < -0.3 is 10.1 Å². The number of anilines is 1. The minimum atomic E-state index is -0.213. The third kappa shape index (κ3) is 3.52. The van der Waals surface area contributed by atoms with Crippen molar-refractivity contribution in [2.45, 2.75) is 6.92 Å². The third-order valence-electron chi connectivity index (χ3n) is 2.62. The van der Waals surface area contributed by atoms with Crippen molar-refractivity contribution in [2.75, 3.05) is 11.9 Å². The maximum atomic E-state index is 12.2. The van der Waals surface area contributed by atoms with Crippen LogP contribution in [0.3, 0.4) is 0 Å².